The van der Waals surface area contributed by atoms with Crippen LogP contribution in [0.4, 0.5) is 0 Å². The summed E-state index contributed by atoms with van der Waals surface area (Å²) in [5, 5.41) is 19.9. The molecule has 2 heteroatoms. The number of rotatable bonds is 3. The summed E-state index contributed by atoms with van der Waals surface area (Å²) in [6.45, 7) is 6.93. The molecule has 0 spiro atoms. The summed E-state index contributed by atoms with van der Waals surface area (Å²) < 4.78 is 0. The van der Waals surface area contributed by atoms with Crippen molar-refractivity contribution in [1.82, 2.24) is 0 Å². The second-order valence-electron chi connectivity index (χ2n) is 3.74. The monoisotopic (exact) mass is 192 g/mol. The minimum absolute atomic E-state index is 0.550. The molecule has 0 aliphatic rings. The average Bonchev–Trinajstić information content (AvgIpc) is 2.17. The van der Waals surface area contributed by atoms with Gasteiger partial charge in [0.1, 0.15) is 11.7 Å². The van der Waals surface area contributed by atoms with Crippen LogP contribution in [0, 0.1) is 0 Å². The van der Waals surface area contributed by atoms with Crippen molar-refractivity contribution in [1.29, 1.82) is 0 Å². The average molecular weight is 192 g/mol. The molecule has 1 rings (SSSR count). The van der Waals surface area contributed by atoms with Crippen molar-refractivity contribution >= 4 is 0 Å². The molecule has 1 aromatic rings. The number of benzene rings is 1. The third kappa shape index (κ3) is 2.03. The molecule has 0 saturated carbocycles. The van der Waals surface area contributed by atoms with E-state index in [1.807, 2.05) is 18.2 Å². The fourth-order valence-corrected chi connectivity index (χ4v) is 1.19. The molecule has 0 aliphatic carbocycles. The van der Waals surface area contributed by atoms with Crippen LogP contribution >= 0.6 is 0 Å². The Bertz CT molecular complexity index is 314. The molecule has 2 nitrogen and oxygen atoms in total. The minimum Gasteiger partial charge on any atom is -0.385 e. The van der Waals surface area contributed by atoms with Gasteiger partial charge >= 0.3 is 0 Å². The molecule has 0 bridgehead atoms. The van der Waals surface area contributed by atoms with Crippen LogP contribution < -0.4 is 0 Å². The molecule has 2 N–H and O–H groups in total. The second kappa shape index (κ2) is 3.95. The van der Waals surface area contributed by atoms with Gasteiger partial charge in [0.15, 0.2) is 0 Å². The van der Waals surface area contributed by atoms with Crippen LogP contribution in [-0.2, 0) is 0 Å². The number of aliphatic hydroxyl groups is 2. The normalized spacial score (nSPS) is 17.1. The molecule has 0 heterocycles. The standard InChI is InChI=1S/C12H16O2/c1-9(2)12(3,14)11(13)10-7-5-4-6-8-10/h4-8,11,13-14H,1H2,2-3H3/t11-,12+/m1/s1. The van der Waals surface area contributed by atoms with Gasteiger partial charge in [-0.3, -0.25) is 0 Å². The largest absolute Gasteiger partial charge is 0.385 e. The summed E-state index contributed by atoms with van der Waals surface area (Å²) in [5.74, 6) is 0. The van der Waals surface area contributed by atoms with Gasteiger partial charge in [-0.1, -0.05) is 36.9 Å². The van der Waals surface area contributed by atoms with E-state index in [0.29, 0.717) is 11.1 Å². The van der Waals surface area contributed by atoms with Crippen molar-refractivity contribution < 1.29 is 10.2 Å². The molecule has 14 heavy (non-hydrogen) atoms. The fraction of sp³-hybridized carbons (Fsp3) is 0.333. The van der Waals surface area contributed by atoms with Crippen LogP contribution in [-0.4, -0.2) is 15.8 Å². The Balaban J connectivity index is 2.96. The maximum atomic E-state index is 9.96. The van der Waals surface area contributed by atoms with Crippen LogP contribution in [0.5, 0.6) is 0 Å². The number of hydrogen-bond donors (Lipinski definition) is 2. The number of hydrogen-bond acceptors (Lipinski definition) is 2. The van der Waals surface area contributed by atoms with Crippen molar-refractivity contribution in [2.75, 3.05) is 0 Å². The van der Waals surface area contributed by atoms with E-state index in [4.69, 9.17) is 0 Å². The molecule has 0 amide bonds. The molecular formula is C12H16O2. The molecule has 76 valence electrons. The van der Waals surface area contributed by atoms with E-state index in [2.05, 4.69) is 6.58 Å². The lowest BCUT2D eigenvalue weighted by atomic mass is 9.87. The van der Waals surface area contributed by atoms with E-state index in [1.165, 1.54) is 0 Å². The Morgan fingerprint density at radius 1 is 1.36 bits per heavy atom. The molecule has 0 aromatic heterocycles. The Morgan fingerprint density at radius 3 is 2.29 bits per heavy atom. The Hall–Kier alpha value is -1.12. The lowest BCUT2D eigenvalue weighted by Crippen LogP contribution is -2.33. The van der Waals surface area contributed by atoms with E-state index >= 15 is 0 Å². The van der Waals surface area contributed by atoms with Gasteiger partial charge < -0.3 is 10.2 Å². The molecule has 1 aromatic carbocycles. The quantitative estimate of drug-likeness (QED) is 0.719. The lowest BCUT2D eigenvalue weighted by molar-refractivity contribution is -0.0358. The van der Waals surface area contributed by atoms with Gasteiger partial charge in [-0.25, -0.2) is 0 Å². The van der Waals surface area contributed by atoms with Crippen molar-refractivity contribution in [3.63, 3.8) is 0 Å². The predicted molar refractivity (Wildman–Crippen MR) is 56.8 cm³/mol. The molecule has 0 aliphatic heterocycles. The first-order valence-corrected chi connectivity index (χ1v) is 4.57. The summed E-state index contributed by atoms with van der Waals surface area (Å²) in [4.78, 5) is 0. The van der Waals surface area contributed by atoms with E-state index in [-0.39, 0.29) is 0 Å². The van der Waals surface area contributed by atoms with E-state index in [9.17, 15) is 10.2 Å². The van der Waals surface area contributed by atoms with Gasteiger partial charge in [0.2, 0.25) is 0 Å². The smallest absolute Gasteiger partial charge is 0.112 e. The van der Waals surface area contributed by atoms with E-state index in [1.54, 1.807) is 26.0 Å². The lowest BCUT2D eigenvalue weighted by Gasteiger charge is -2.29. The summed E-state index contributed by atoms with van der Waals surface area (Å²) in [6, 6.07) is 9.08. The summed E-state index contributed by atoms with van der Waals surface area (Å²) >= 11 is 0. The van der Waals surface area contributed by atoms with Crippen LogP contribution in [0.15, 0.2) is 42.5 Å². The van der Waals surface area contributed by atoms with Gasteiger partial charge in [-0.2, -0.15) is 0 Å². The third-order valence-electron chi connectivity index (χ3n) is 2.51. The zero-order valence-electron chi connectivity index (χ0n) is 8.57. The van der Waals surface area contributed by atoms with E-state index in [0.717, 1.165) is 0 Å². The first-order chi connectivity index (χ1) is 6.46. The highest BCUT2D eigenvalue weighted by atomic mass is 16.3. The van der Waals surface area contributed by atoms with Crippen LogP contribution in [0.1, 0.15) is 25.5 Å². The van der Waals surface area contributed by atoms with Crippen molar-refractivity contribution in [2.45, 2.75) is 25.6 Å². The molecule has 0 fully saturated rings. The molecule has 0 unspecified atom stereocenters. The van der Waals surface area contributed by atoms with Gasteiger partial charge in [0.25, 0.3) is 0 Å². The van der Waals surface area contributed by atoms with Gasteiger partial charge in [0, 0.05) is 0 Å². The first kappa shape index (κ1) is 11.0. The zero-order chi connectivity index (χ0) is 10.8. The van der Waals surface area contributed by atoms with Gasteiger partial charge in [-0.15, -0.1) is 0 Å². The van der Waals surface area contributed by atoms with Crippen molar-refractivity contribution in [3.8, 4) is 0 Å². The summed E-state index contributed by atoms with van der Waals surface area (Å²) in [6.07, 6.45) is -0.929. The highest BCUT2D eigenvalue weighted by molar-refractivity contribution is 5.24. The topological polar surface area (TPSA) is 40.5 Å². The van der Waals surface area contributed by atoms with E-state index < -0.39 is 11.7 Å². The predicted octanol–water partition coefficient (Wildman–Crippen LogP) is 2.05. The van der Waals surface area contributed by atoms with Crippen LogP contribution in [0.2, 0.25) is 0 Å². The molecule has 2 atom stereocenters. The maximum absolute atomic E-state index is 9.96. The van der Waals surface area contributed by atoms with Gasteiger partial charge in [0.05, 0.1) is 0 Å². The SMILES string of the molecule is C=C(C)[C@](C)(O)[C@H](O)c1ccccc1. The number of aliphatic hydroxyl groups excluding tert-OH is 1. The maximum Gasteiger partial charge on any atom is 0.112 e. The highest BCUT2D eigenvalue weighted by Gasteiger charge is 2.31. The highest BCUT2D eigenvalue weighted by Crippen LogP contribution is 2.30. The third-order valence-corrected chi connectivity index (χ3v) is 2.51. The van der Waals surface area contributed by atoms with Crippen molar-refractivity contribution in [2.24, 2.45) is 0 Å². The summed E-state index contributed by atoms with van der Waals surface area (Å²) in [5.41, 5.74) is -0.0317. The Morgan fingerprint density at radius 2 is 1.86 bits per heavy atom. The Kier molecular flexibility index (Phi) is 3.09. The minimum atomic E-state index is -1.28. The first-order valence-electron chi connectivity index (χ1n) is 4.57. The van der Waals surface area contributed by atoms with Gasteiger partial charge in [-0.05, 0) is 25.0 Å². The molecule has 0 radical (unpaired) electrons. The second-order valence-corrected chi connectivity index (χ2v) is 3.74. The van der Waals surface area contributed by atoms with Crippen molar-refractivity contribution in [3.05, 3.63) is 48.0 Å². The zero-order valence-corrected chi connectivity index (χ0v) is 8.57. The van der Waals surface area contributed by atoms with Crippen LogP contribution in [0.3, 0.4) is 0 Å². The molecule has 0 saturated heterocycles. The Labute approximate surface area is 84.5 Å². The van der Waals surface area contributed by atoms with Crippen LogP contribution in [0.25, 0.3) is 0 Å². The summed E-state index contributed by atoms with van der Waals surface area (Å²) in [7, 11) is 0. The fourth-order valence-electron chi connectivity index (χ4n) is 1.19. The molecular weight excluding hydrogens is 176 g/mol.